The number of benzene rings is 1. The van der Waals surface area contributed by atoms with Crippen LogP contribution < -0.4 is 11.1 Å². The lowest BCUT2D eigenvalue weighted by Gasteiger charge is -2.32. The lowest BCUT2D eigenvalue weighted by atomic mass is 9.90. The highest BCUT2D eigenvalue weighted by molar-refractivity contribution is 5.86. The highest BCUT2D eigenvalue weighted by Gasteiger charge is 2.35. The van der Waals surface area contributed by atoms with E-state index in [-0.39, 0.29) is 30.2 Å². The van der Waals surface area contributed by atoms with Crippen molar-refractivity contribution in [2.75, 3.05) is 26.9 Å². The number of hydrogen-bond donors (Lipinski definition) is 2. The summed E-state index contributed by atoms with van der Waals surface area (Å²) in [5.74, 6) is -0.504. The third-order valence-electron chi connectivity index (χ3n) is 3.81. The smallest absolute Gasteiger partial charge is 0.240 e. The molecule has 1 amide bonds. The Morgan fingerprint density at radius 1 is 1.41 bits per heavy atom. The van der Waals surface area contributed by atoms with Crippen LogP contribution >= 0.6 is 12.4 Å². The summed E-state index contributed by atoms with van der Waals surface area (Å²) in [5, 5.41) is 2.82. The highest BCUT2D eigenvalue weighted by atomic mass is 35.5. The van der Waals surface area contributed by atoms with E-state index in [4.69, 9.17) is 15.2 Å². The van der Waals surface area contributed by atoms with Gasteiger partial charge in [0.25, 0.3) is 0 Å². The number of rotatable bonds is 5. The molecular weight excluding hydrogens is 311 g/mol. The lowest BCUT2D eigenvalue weighted by molar-refractivity contribution is -0.130. The van der Waals surface area contributed by atoms with Gasteiger partial charge < -0.3 is 20.5 Å². The summed E-state index contributed by atoms with van der Waals surface area (Å²) in [5.41, 5.74) is 6.03. The molecule has 22 heavy (non-hydrogen) atoms. The Morgan fingerprint density at radius 3 is 2.55 bits per heavy atom. The zero-order chi connectivity index (χ0) is 15.3. The molecule has 1 atom stereocenters. The van der Waals surface area contributed by atoms with E-state index in [1.807, 2.05) is 0 Å². The fraction of sp³-hybridized carbons (Fsp3) is 0.533. The second kappa shape index (κ2) is 8.43. The van der Waals surface area contributed by atoms with E-state index in [1.165, 1.54) is 12.1 Å². The van der Waals surface area contributed by atoms with E-state index in [1.54, 1.807) is 19.2 Å². The van der Waals surface area contributed by atoms with Gasteiger partial charge in [0.05, 0.1) is 11.6 Å². The van der Waals surface area contributed by atoms with Gasteiger partial charge in [0, 0.05) is 26.9 Å². The van der Waals surface area contributed by atoms with Crippen molar-refractivity contribution in [3.8, 4) is 0 Å². The third-order valence-corrected chi connectivity index (χ3v) is 3.81. The van der Waals surface area contributed by atoms with Crippen LogP contribution in [0.3, 0.4) is 0 Å². The molecule has 1 aromatic rings. The first-order chi connectivity index (χ1) is 10.0. The van der Waals surface area contributed by atoms with Gasteiger partial charge in [0.15, 0.2) is 0 Å². The normalized spacial score (nSPS) is 18.1. The van der Waals surface area contributed by atoms with E-state index in [9.17, 15) is 9.18 Å². The van der Waals surface area contributed by atoms with E-state index < -0.39 is 5.54 Å². The molecule has 0 aromatic heterocycles. The fourth-order valence-electron chi connectivity index (χ4n) is 2.34. The molecule has 1 fully saturated rings. The molecule has 1 aromatic carbocycles. The van der Waals surface area contributed by atoms with Crippen LogP contribution in [-0.2, 0) is 14.3 Å². The second-order valence-electron chi connectivity index (χ2n) is 5.25. The van der Waals surface area contributed by atoms with Crippen LogP contribution in [0.15, 0.2) is 24.3 Å². The molecule has 5 nitrogen and oxygen atoms in total. The van der Waals surface area contributed by atoms with E-state index in [0.29, 0.717) is 32.6 Å². The molecule has 1 saturated heterocycles. The molecule has 124 valence electrons. The van der Waals surface area contributed by atoms with Gasteiger partial charge in [0.1, 0.15) is 5.82 Å². The minimum absolute atomic E-state index is 0. The van der Waals surface area contributed by atoms with Crippen molar-refractivity contribution in [3.63, 3.8) is 0 Å². The zero-order valence-electron chi connectivity index (χ0n) is 12.5. The number of halogens is 2. The summed E-state index contributed by atoms with van der Waals surface area (Å²) in [6, 6.07) is 6.02. The minimum Gasteiger partial charge on any atom is -0.381 e. The first-order valence-electron chi connectivity index (χ1n) is 6.98. The Hall–Kier alpha value is -1.21. The Kier molecular flexibility index (Phi) is 7.22. The Morgan fingerprint density at radius 2 is 2.00 bits per heavy atom. The van der Waals surface area contributed by atoms with Gasteiger partial charge in [-0.15, -0.1) is 12.4 Å². The molecule has 3 N–H and O–H groups in total. The summed E-state index contributed by atoms with van der Waals surface area (Å²) in [7, 11) is 1.55. The minimum atomic E-state index is -0.876. The van der Waals surface area contributed by atoms with Gasteiger partial charge in [-0.25, -0.2) is 4.39 Å². The molecule has 1 unspecified atom stereocenters. The topological polar surface area (TPSA) is 73.6 Å². The van der Waals surface area contributed by atoms with Gasteiger partial charge in [-0.1, -0.05) is 12.1 Å². The largest absolute Gasteiger partial charge is 0.381 e. The Balaban J connectivity index is 0.00000242. The number of nitrogens with one attached hydrogen (secondary N) is 1. The summed E-state index contributed by atoms with van der Waals surface area (Å²) in [6.45, 7) is 1.28. The SMILES string of the molecule is COC(CNC(=O)C1(N)CCOCC1)c1ccc(F)cc1.Cl. The maximum atomic E-state index is 12.9. The van der Waals surface area contributed by atoms with Gasteiger partial charge in [-0.3, -0.25) is 4.79 Å². The molecule has 0 bridgehead atoms. The summed E-state index contributed by atoms with van der Waals surface area (Å²) >= 11 is 0. The Labute approximate surface area is 135 Å². The van der Waals surface area contributed by atoms with Crippen molar-refractivity contribution < 1.29 is 18.7 Å². The maximum Gasteiger partial charge on any atom is 0.240 e. The summed E-state index contributed by atoms with van der Waals surface area (Å²) in [4.78, 5) is 12.2. The third kappa shape index (κ3) is 4.64. The molecule has 0 saturated carbocycles. The number of amides is 1. The van der Waals surface area contributed by atoms with Gasteiger partial charge >= 0.3 is 0 Å². The number of hydrogen-bond acceptors (Lipinski definition) is 4. The van der Waals surface area contributed by atoms with Crippen molar-refractivity contribution in [3.05, 3.63) is 35.6 Å². The number of carbonyl (C=O) groups is 1. The van der Waals surface area contributed by atoms with Crippen LogP contribution in [0.25, 0.3) is 0 Å². The standard InChI is InChI=1S/C15H21FN2O3.ClH/c1-20-13(11-2-4-12(16)5-3-11)10-18-14(19)15(17)6-8-21-9-7-15;/h2-5,13H,6-10,17H2,1H3,(H,18,19);1H. The van der Waals surface area contributed by atoms with Crippen molar-refractivity contribution >= 4 is 18.3 Å². The van der Waals surface area contributed by atoms with Crippen molar-refractivity contribution in [1.29, 1.82) is 0 Å². The van der Waals surface area contributed by atoms with Crippen molar-refractivity contribution in [2.45, 2.75) is 24.5 Å². The molecule has 1 aliphatic heterocycles. The van der Waals surface area contributed by atoms with Crippen molar-refractivity contribution in [1.82, 2.24) is 5.32 Å². The Bertz CT molecular complexity index is 478. The summed E-state index contributed by atoms with van der Waals surface area (Å²) in [6.07, 6.45) is 0.679. The quantitative estimate of drug-likeness (QED) is 0.858. The predicted octanol–water partition coefficient (Wildman–Crippen LogP) is 1.56. The van der Waals surface area contributed by atoms with Crippen LogP contribution in [0.2, 0.25) is 0 Å². The molecule has 1 aliphatic rings. The van der Waals surface area contributed by atoms with Crippen LogP contribution in [0.4, 0.5) is 4.39 Å². The lowest BCUT2D eigenvalue weighted by Crippen LogP contribution is -2.57. The van der Waals surface area contributed by atoms with E-state index in [2.05, 4.69) is 5.32 Å². The fourth-order valence-corrected chi connectivity index (χ4v) is 2.34. The maximum absolute atomic E-state index is 12.9. The number of methoxy groups -OCH3 is 1. The first kappa shape index (κ1) is 18.8. The zero-order valence-corrected chi connectivity index (χ0v) is 13.3. The molecular formula is C15H22ClFN2O3. The van der Waals surface area contributed by atoms with Crippen LogP contribution in [0, 0.1) is 5.82 Å². The van der Waals surface area contributed by atoms with Crippen LogP contribution in [0.5, 0.6) is 0 Å². The first-order valence-corrected chi connectivity index (χ1v) is 6.98. The van der Waals surface area contributed by atoms with Crippen LogP contribution in [-0.4, -0.2) is 38.3 Å². The molecule has 1 heterocycles. The average molecular weight is 333 g/mol. The molecule has 0 radical (unpaired) electrons. The number of nitrogens with two attached hydrogens (primary N) is 1. The molecule has 2 rings (SSSR count). The van der Waals surface area contributed by atoms with Crippen LogP contribution in [0.1, 0.15) is 24.5 Å². The molecule has 7 heteroatoms. The molecule has 0 spiro atoms. The van der Waals surface area contributed by atoms with Crippen molar-refractivity contribution in [2.24, 2.45) is 5.73 Å². The van der Waals surface area contributed by atoms with E-state index in [0.717, 1.165) is 5.56 Å². The van der Waals surface area contributed by atoms with Gasteiger partial charge in [-0.2, -0.15) is 0 Å². The monoisotopic (exact) mass is 332 g/mol. The number of ether oxygens (including phenoxy) is 2. The molecule has 0 aliphatic carbocycles. The van der Waals surface area contributed by atoms with E-state index >= 15 is 0 Å². The second-order valence-corrected chi connectivity index (χ2v) is 5.25. The average Bonchev–Trinajstić information content (AvgIpc) is 2.50. The highest BCUT2D eigenvalue weighted by Crippen LogP contribution is 2.19. The predicted molar refractivity (Wildman–Crippen MR) is 83.4 cm³/mol. The van der Waals surface area contributed by atoms with Gasteiger partial charge in [-0.05, 0) is 30.5 Å². The van der Waals surface area contributed by atoms with Gasteiger partial charge in [0.2, 0.25) is 5.91 Å². The number of carbonyl (C=O) groups excluding carboxylic acids is 1. The summed E-state index contributed by atoms with van der Waals surface area (Å²) < 4.78 is 23.5.